The smallest absolute Gasteiger partial charge is 0.0914 e. The molecule has 0 saturated carbocycles. The van der Waals surface area contributed by atoms with Crippen molar-refractivity contribution in [1.82, 2.24) is 5.32 Å². The second-order valence-electron chi connectivity index (χ2n) is 4.81. The van der Waals surface area contributed by atoms with Crippen LogP contribution in [0.4, 0.5) is 0 Å². The second kappa shape index (κ2) is 3.39. The van der Waals surface area contributed by atoms with Gasteiger partial charge in [0, 0.05) is 11.8 Å². The Balaban J connectivity index is 1.77. The number of nitrogens with one attached hydrogen (secondary N) is 1. The topological polar surface area (TPSA) is 21.3 Å². The fourth-order valence-corrected chi connectivity index (χ4v) is 4.71. The average Bonchev–Trinajstić information content (AvgIpc) is 2.77. The Labute approximate surface area is 90.2 Å². The highest BCUT2D eigenvalue weighted by molar-refractivity contribution is 8.01. The summed E-state index contributed by atoms with van der Waals surface area (Å²) in [6.45, 7) is 2.28. The normalized spacial score (nSPS) is 51.6. The molecule has 0 aromatic carbocycles. The summed E-state index contributed by atoms with van der Waals surface area (Å²) in [6.07, 6.45) is 7.52. The highest BCUT2D eigenvalue weighted by Crippen LogP contribution is 2.48. The van der Waals surface area contributed by atoms with Crippen LogP contribution in [0.3, 0.4) is 0 Å². The lowest BCUT2D eigenvalue weighted by atomic mass is 10.0. The molecule has 4 atom stereocenters. The van der Waals surface area contributed by atoms with E-state index in [2.05, 4.69) is 24.0 Å². The minimum absolute atomic E-state index is 0.299. The van der Waals surface area contributed by atoms with Gasteiger partial charge in [0.2, 0.25) is 0 Å². The first-order chi connectivity index (χ1) is 6.82. The van der Waals surface area contributed by atoms with Gasteiger partial charge in [0.25, 0.3) is 0 Å². The third kappa shape index (κ3) is 1.33. The molecule has 3 rings (SSSR count). The number of hydrogen-bond donors (Lipinski definition) is 1. The van der Waals surface area contributed by atoms with Gasteiger partial charge in [0.05, 0.1) is 17.1 Å². The van der Waals surface area contributed by atoms with Crippen LogP contribution in [0, 0.1) is 0 Å². The van der Waals surface area contributed by atoms with E-state index in [0.29, 0.717) is 17.1 Å². The van der Waals surface area contributed by atoms with Gasteiger partial charge in [-0.2, -0.15) is 0 Å². The SMILES string of the molecule is CCC1CSC2(CCC3CCC2O3)N1. The molecule has 3 heteroatoms. The molecular weight excluding hydrogens is 194 g/mol. The van der Waals surface area contributed by atoms with E-state index in [1.54, 1.807) is 0 Å². The second-order valence-corrected chi connectivity index (χ2v) is 6.16. The molecule has 0 aromatic heterocycles. The van der Waals surface area contributed by atoms with Crippen molar-refractivity contribution in [3.05, 3.63) is 0 Å². The van der Waals surface area contributed by atoms with Crippen LogP contribution in [0.25, 0.3) is 0 Å². The molecular formula is C11H19NOS. The van der Waals surface area contributed by atoms with Crippen LogP contribution in [0.15, 0.2) is 0 Å². The molecule has 3 aliphatic rings. The molecule has 4 unspecified atom stereocenters. The van der Waals surface area contributed by atoms with Gasteiger partial charge >= 0.3 is 0 Å². The molecule has 3 aliphatic heterocycles. The predicted molar refractivity (Wildman–Crippen MR) is 59.5 cm³/mol. The zero-order valence-electron chi connectivity index (χ0n) is 8.79. The first-order valence-corrected chi connectivity index (χ1v) is 6.88. The summed E-state index contributed by atoms with van der Waals surface area (Å²) in [6, 6.07) is 0.723. The van der Waals surface area contributed by atoms with Crippen molar-refractivity contribution in [2.24, 2.45) is 0 Å². The van der Waals surface area contributed by atoms with Crippen molar-refractivity contribution in [2.45, 2.75) is 62.1 Å². The summed E-state index contributed by atoms with van der Waals surface area (Å²) in [5.41, 5.74) is 0. The van der Waals surface area contributed by atoms with Crippen LogP contribution in [0.5, 0.6) is 0 Å². The summed E-state index contributed by atoms with van der Waals surface area (Å²) in [7, 11) is 0. The van der Waals surface area contributed by atoms with Crippen LogP contribution >= 0.6 is 11.8 Å². The van der Waals surface area contributed by atoms with Crippen molar-refractivity contribution in [3.8, 4) is 0 Å². The van der Waals surface area contributed by atoms with E-state index in [-0.39, 0.29) is 0 Å². The maximum Gasteiger partial charge on any atom is 0.0914 e. The Morgan fingerprint density at radius 2 is 2.36 bits per heavy atom. The van der Waals surface area contributed by atoms with E-state index in [4.69, 9.17) is 4.74 Å². The fraction of sp³-hybridized carbons (Fsp3) is 1.00. The van der Waals surface area contributed by atoms with E-state index >= 15 is 0 Å². The van der Waals surface area contributed by atoms with Crippen LogP contribution in [0.1, 0.15) is 39.0 Å². The van der Waals surface area contributed by atoms with Crippen LogP contribution < -0.4 is 5.32 Å². The van der Waals surface area contributed by atoms with Crippen molar-refractivity contribution in [2.75, 3.05) is 5.75 Å². The van der Waals surface area contributed by atoms with Crippen molar-refractivity contribution >= 4 is 11.8 Å². The zero-order valence-corrected chi connectivity index (χ0v) is 9.61. The lowest BCUT2D eigenvalue weighted by Gasteiger charge is -2.39. The number of ether oxygens (including phenoxy) is 1. The van der Waals surface area contributed by atoms with Gasteiger partial charge in [-0.15, -0.1) is 11.8 Å². The predicted octanol–water partition coefficient (Wildman–Crippen LogP) is 2.14. The largest absolute Gasteiger partial charge is 0.372 e. The van der Waals surface area contributed by atoms with E-state index in [9.17, 15) is 0 Å². The van der Waals surface area contributed by atoms with E-state index in [0.717, 1.165) is 6.04 Å². The lowest BCUT2D eigenvalue weighted by molar-refractivity contribution is -0.0272. The van der Waals surface area contributed by atoms with Crippen molar-refractivity contribution in [3.63, 3.8) is 0 Å². The quantitative estimate of drug-likeness (QED) is 0.721. The summed E-state index contributed by atoms with van der Waals surface area (Å²) >= 11 is 2.12. The van der Waals surface area contributed by atoms with Crippen LogP contribution in [0.2, 0.25) is 0 Å². The molecule has 0 amide bonds. The molecule has 0 aromatic rings. The third-order valence-electron chi connectivity index (χ3n) is 3.95. The van der Waals surface area contributed by atoms with Gasteiger partial charge in [-0.1, -0.05) is 6.92 Å². The van der Waals surface area contributed by atoms with E-state index < -0.39 is 0 Å². The van der Waals surface area contributed by atoms with Crippen molar-refractivity contribution < 1.29 is 4.74 Å². The molecule has 3 heterocycles. The van der Waals surface area contributed by atoms with Gasteiger partial charge in [-0.3, -0.25) is 5.32 Å². The molecule has 0 aliphatic carbocycles. The maximum atomic E-state index is 6.04. The Hall–Kier alpha value is 0.270. The summed E-state index contributed by atoms with van der Waals surface area (Å²) in [5.74, 6) is 1.28. The molecule has 2 nitrogen and oxygen atoms in total. The zero-order chi connectivity index (χ0) is 9.60. The number of hydrogen-bond acceptors (Lipinski definition) is 3. The molecule has 80 valence electrons. The third-order valence-corrected chi connectivity index (χ3v) is 5.62. The van der Waals surface area contributed by atoms with Gasteiger partial charge < -0.3 is 4.74 Å². The lowest BCUT2D eigenvalue weighted by Crippen LogP contribution is -2.52. The molecule has 14 heavy (non-hydrogen) atoms. The van der Waals surface area contributed by atoms with Gasteiger partial charge in [0.1, 0.15) is 0 Å². The summed E-state index contributed by atoms with van der Waals surface area (Å²) in [4.78, 5) is 0.299. The fourth-order valence-electron chi connectivity index (χ4n) is 3.03. The molecule has 2 bridgehead atoms. The first-order valence-electron chi connectivity index (χ1n) is 5.89. The number of thioether (sulfide) groups is 1. The highest BCUT2D eigenvalue weighted by Gasteiger charge is 2.51. The van der Waals surface area contributed by atoms with E-state index in [1.165, 1.54) is 37.9 Å². The first kappa shape index (κ1) is 9.49. The Morgan fingerprint density at radius 3 is 3.14 bits per heavy atom. The van der Waals surface area contributed by atoms with Gasteiger partial charge in [-0.25, -0.2) is 0 Å². The molecule has 3 saturated heterocycles. The van der Waals surface area contributed by atoms with Gasteiger partial charge in [-0.05, 0) is 32.1 Å². The van der Waals surface area contributed by atoms with E-state index in [1.807, 2.05) is 0 Å². The van der Waals surface area contributed by atoms with Crippen molar-refractivity contribution in [1.29, 1.82) is 0 Å². The Morgan fingerprint density at radius 1 is 1.43 bits per heavy atom. The average molecular weight is 213 g/mol. The number of rotatable bonds is 1. The van der Waals surface area contributed by atoms with Crippen LogP contribution in [-0.4, -0.2) is 28.9 Å². The molecule has 3 fully saturated rings. The van der Waals surface area contributed by atoms with Gasteiger partial charge in [0.15, 0.2) is 0 Å². The molecule has 1 N–H and O–H groups in total. The highest BCUT2D eigenvalue weighted by atomic mass is 32.2. The summed E-state index contributed by atoms with van der Waals surface area (Å²) < 4.78 is 6.04. The minimum atomic E-state index is 0.299. The maximum absolute atomic E-state index is 6.04. The Kier molecular flexibility index (Phi) is 2.30. The molecule has 1 spiro atoms. The monoisotopic (exact) mass is 213 g/mol. The van der Waals surface area contributed by atoms with Crippen LogP contribution in [-0.2, 0) is 4.74 Å². The number of fused-ring (bicyclic) bond motifs is 3. The Bertz CT molecular complexity index is 235. The minimum Gasteiger partial charge on any atom is -0.372 e. The standard InChI is InChI=1S/C11H19NOS/c1-2-8-7-14-11(12-8)6-5-9-3-4-10(11)13-9/h8-10,12H,2-7H2,1H3. The molecule has 0 radical (unpaired) electrons. The summed E-state index contributed by atoms with van der Waals surface area (Å²) in [5, 5.41) is 3.82.